The van der Waals surface area contributed by atoms with Crippen molar-refractivity contribution in [1.82, 2.24) is 14.5 Å². The van der Waals surface area contributed by atoms with Gasteiger partial charge in [0.2, 0.25) is 0 Å². The number of amides is 1. The number of likely N-dealkylation sites (tertiary alicyclic amines) is 1. The normalized spacial score (nSPS) is 23.8. The van der Waals surface area contributed by atoms with E-state index < -0.39 is 5.60 Å². The molecule has 1 N–H and O–H groups in total. The summed E-state index contributed by atoms with van der Waals surface area (Å²) >= 11 is 0. The Labute approximate surface area is 105 Å². The lowest BCUT2D eigenvalue weighted by molar-refractivity contribution is 0.0573. The van der Waals surface area contributed by atoms with Gasteiger partial charge in [0.05, 0.1) is 22.9 Å². The second kappa shape index (κ2) is 3.81. The number of hydrogen-bond donors (Lipinski definition) is 1. The molecule has 1 aliphatic rings. The Morgan fingerprint density at radius 1 is 1.50 bits per heavy atom. The van der Waals surface area contributed by atoms with Crippen LogP contribution in [0.2, 0.25) is 0 Å². The van der Waals surface area contributed by atoms with Gasteiger partial charge in [-0.05, 0) is 25.5 Å². The Bertz CT molecular complexity index is 603. The van der Waals surface area contributed by atoms with E-state index in [-0.39, 0.29) is 5.91 Å². The molecule has 0 saturated carbocycles. The molecule has 1 amide bonds. The van der Waals surface area contributed by atoms with Crippen LogP contribution in [0.1, 0.15) is 23.7 Å². The van der Waals surface area contributed by atoms with Gasteiger partial charge in [-0.25, -0.2) is 4.52 Å². The van der Waals surface area contributed by atoms with Crippen LogP contribution in [0.4, 0.5) is 0 Å². The van der Waals surface area contributed by atoms with E-state index in [1.807, 2.05) is 24.4 Å². The second-order valence-electron chi connectivity index (χ2n) is 5.06. The summed E-state index contributed by atoms with van der Waals surface area (Å²) in [5.74, 6) is -0.0611. The van der Waals surface area contributed by atoms with E-state index in [1.165, 1.54) is 0 Å². The summed E-state index contributed by atoms with van der Waals surface area (Å²) in [4.78, 5) is 14.1. The highest BCUT2D eigenvalue weighted by atomic mass is 16.3. The third-order valence-electron chi connectivity index (χ3n) is 3.40. The summed E-state index contributed by atoms with van der Waals surface area (Å²) in [6, 6.07) is 5.62. The third kappa shape index (κ3) is 1.76. The van der Waals surface area contributed by atoms with Crippen molar-refractivity contribution < 1.29 is 9.90 Å². The van der Waals surface area contributed by atoms with Crippen LogP contribution >= 0.6 is 0 Å². The fraction of sp³-hybridized carbons (Fsp3) is 0.385. The van der Waals surface area contributed by atoms with Gasteiger partial charge in [0.25, 0.3) is 5.91 Å². The van der Waals surface area contributed by atoms with Gasteiger partial charge in [0.1, 0.15) is 0 Å². The lowest BCUT2D eigenvalue weighted by Gasteiger charge is -2.18. The summed E-state index contributed by atoms with van der Waals surface area (Å²) in [6.45, 7) is 2.74. The first kappa shape index (κ1) is 11.2. The third-order valence-corrected chi connectivity index (χ3v) is 3.40. The summed E-state index contributed by atoms with van der Waals surface area (Å²) < 4.78 is 1.68. The van der Waals surface area contributed by atoms with Crippen LogP contribution in [0.3, 0.4) is 0 Å². The molecule has 0 spiro atoms. The van der Waals surface area contributed by atoms with E-state index in [0.29, 0.717) is 25.1 Å². The number of aromatic nitrogens is 2. The summed E-state index contributed by atoms with van der Waals surface area (Å²) in [6.07, 6.45) is 4.02. The largest absolute Gasteiger partial charge is 0.388 e. The summed E-state index contributed by atoms with van der Waals surface area (Å²) in [7, 11) is 0. The Hall–Kier alpha value is -1.88. The maximum Gasteiger partial charge on any atom is 0.257 e. The standard InChI is InChI=1S/C13H15N3O2/c1-13(18)5-7-15(9-13)12(17)10-8-14-16-6-3-2-4-11(10)16/h2-4,6,8,18H,5,7,9H2,1H3. The first-order valence-electron chi connectivity index (χ1n) is 6.01. The molecule has 1 fully saturated rings. The SMILES string of the molecule is CC1(O)CCN(C(=O)c2cnn3ccccc23)C1. The van der Waals surface area contributed by atoms with Crippen molar-refractivity contribution in [3.63, 3.8) is 0 Å². The number of pyridine rings is 1. The van der Waals surface area contributed by atoms with Crippen molar-refractivity contribution in [2.24, 2.45) is 0 Å². The van der Waals surface area contributed by atoms with Crippen molar-refractivity contribution in [1.29, 1.82) is 0 Å². The number of aliphatic hydroxyl groups is 1. The van der Waals surface area contributed by atoms with Crippen LogP contribution in [-0.2, 0) is 0 Å². The molecule has 2 aromatic heterocycles. The number of β-amino-alcohol motifs (C(OH)–C–C–N with tert-alkyl or cyclic N) is 1. The molecule has 94 valence electrons. The predicted molar refractivity (Wildman–Crippen MR) is 66.3 cm³/mol. The molecule has 0 aliphatic carbocycles. The molecule has 1 saturated heterocycles. The molecular formula is C13H15N3O2. The number of nitrogens with zero attached hydrogens (tertiary/aromatic N) is 3. The zero-order valence-electron chi connectivity index (χ0n) is 10.2. The molecule has 0 aromatic carbocycles. The van der Waals surface area contributed by atoms with E-state index in [4.69, 9.17) is 0 Å². The molecule has 1 aliphatic heterocycles. The minimum absolute atomic E-state index is 0.0611. The molecule has 0 radical (unpaired) electrons. The molecule has 2 aromatic rings. The van der Waals surface area contributed by atoms with Gasteiger partial charge in [-0.3, -0.25) is 4.79 Å². The monoisotopic (exact) mass is 245 g/mol. The van der Waals surface area contributed by atoms with E-state index in [9.17, 15) is 9.90 Å². The van der Waals surface area contributed by atoms with Crippen LogP contribution in [-0.4, -0.2) is 44.2 Å². The van der Waals surface area contributed by atoms with E-state index in [0.717, 1.165) is 5.52 Å². The number of carbonyl (C=O) groups excluding carboxylic acids is 1. The topological polar surface area (TPSA) is 57.8 Å². The molecule has 3 heterocycles. The van der Waals surface area contributed by atoms with Gasteiger partial charge >= 0.3 is 0 Å². The summed E-state index contributed by atoms with van der Waals surface area (Å²) in [5, 5.41) is 14.1. The second-order valence-corrected chi connectivity index (χ2v) is 5.06. The minimum atomic E-state index is -0.765. The van der Waals surface area contributed by atoms with Crippen LogP contribution in [0.15, 0.2) is 30.6 Å². The van der Waals surface area contributed by atoms with Crippen molar-refractivity contribution in [3.8, 4) is 0 Å². The average molecular weight is 245 g/mol. The lowest BCUT2D eigenvalue weighted by Crippen LogP contribution is -2.33. The first-order chi connectivity index (χ1) is 8.57. The van der Waals surface area contributed by atoms with Gasteiger partial charge in [0.15, 0.2) is 0 Å². The van der Waals surface area contributed by atoms with Gasteiger partial charge < -0.3 is 10.0 Å². The molecule has 3 rings (SSSR count). The molecule has 5 heteroatoms. The maximum absolute atomic E-state index is 12.4. The molecule has 0 bridgehead atoms. The quantitative estimate of drug-likeness (QED) is 0.813. The van der Waals surface area contributed by atoms with Crippen molar-refractivity contribution in [2.75, 3.05) is 13.1 Å². The molecule has 1 unspecified atom stereocenters. The lowest BCUT2D eigenvalue weighted by atomic mass is 10.1. The Morgan fingerprint density at radius 3 is 3.06 bits per heavy atom. The first-order valence-corrected chi connectivity index (χ1v) is 6.01. The highest BCUT2D eigenvalue weighted by molar-refractivity contribution is 6.00. The van der Waals surface area contributed by atoms with Gasteiger partial charge in [-0.1, -0.05) is 6.07 Å². The van der Waals surface area contributed by atoms with Crippen LogP contribution < -0.4 is 0 Å². The zero-order valence-corrected chi connectivity index (χ0v) is 10.2. The number of carbonyl (C=O) groups is 1. The molecule has 5 nitrogen and oxygen atoms in total. The Balaban J connectivity index is 1.93. The fourth-order valence-corrected chi connectivity index (χ4v) is 2.39. The smallest absolute Gasteiger partial charge is 0.257 e. The molecular weight excluding hydrogens is 230 g/mol. The highest BCUT2D eigenvalue weighted by Crippen LogP contribution is 2.23. The number of fused-ring (bicyclic) bond motifs is 1. The summed E-state index contributed by atoms with van der Waals surface area (Å²) in [5.41, 5.74) is 0.626. The Kier molecular flexibility index (Phi) is 2.38. The van der Waals surface area contributed by atoms with E-state index >= 15 is 0 Å². The van der Waals surface area contributed by atoms with Gasteiger partial charge in [-0.15, -0.1) is 0 Å². The highest BCUT2D eigenvalue weighted by Gasteiger charge is 2.35. The molecule has 18 heavy (non-hydrogen) atoms. The van der Waals surface area contributed by atoms with Crippen LogP contribution in [0, 0.1) is 0 Å². The van der Waals surface area contributed by atoms with Crippen LogP contribution in [0.5, 0.6) is 0 Å². The van der Waals surface area contributed by atoms with Crippen molar-refractivity contribution in [2.45, 2.75) is 18.9 Å². The molecule has 1 atom stereocenters. The van der Waals surface area contributed by atoms with Gasteiger partial charge in [-0.2, -0.15) is 5.10 Å². The van der Waals surface area contributed by atoms with Crippen molar-refractivity contribution >= 4 is 11.4 Å². The number of hydrogen-bond acceptors (Lipinski definition) is 3. The predicted octanol–water partition coefficient (Wildman–Crippen LogP) is 0.931. The number of rotatable bonds is 1. The van der Waals surface area contributed by atoms with Crippen molar-refractivity contribution in [3.05, 3.63) is 36.2 Å². The zero-order chi connectivity index (χ0) is 12.8. The fourth-order valence-electron chi connectivity index (χ4n) is 2.39. The van der Waals surface area contributed by atoms with Crippen LogP contribution in [0.25, 0.3) is 5.52 Å². The van der Waals surface area contributed by atoms with Gasteiger partial charge in [0, 0.05) is 19.3 Å². The average Bonchev–Trinajstić information content (AvgIpc) is 2.91. The Morgan fingerprint density at radius 2 is 2.33 bits per heavy atom. The minimum Gasteiger partial charge on any atom is -0.388 e. The van der Waals surface area contributed by atoms with E-state index in [2.05, 4.69) is 5.10 Å². The maximum atomic E-state index is 12.4. The van der Waals surface area contributed by atoms with E-state index in [1.54, 1.807) is 22.5 Å².